The van der Waals surface area contributed by atoms with Crippen molar-refractivity contribution in [3.8, 4) is 0 Å². The van der Waals surface area contributed by atoms with Crippen molar-refractivity contribution in [2.45, 2.75) is 37.5 Å². The van der Waals surface area contributed by atoms with E-state index < -0.39 is 0 Å². The van der Waals surface area contributed by atoms with Crippen molar-refractivity contribution in [2.75, 3.05) is 5.75 Å². The van der Waals surface area contributed by atoms with Crippen molar-refractivity contribution in [1.29, 1.82) is 0 Å². The fourth-order valence-electron chi connectivity index (χ4n) is 2.78. The summed E-state index contributed by atoms with van der Waals surface area (Å²) in [4.78, 5) is 29.4. The van der Waals surface area contributed by atoms with Crippen LogP contribution in [-0.2, 0) is 6.54 Å². The quantitative estimate of drug-likeness (QED) is 0.519. The zero-order chi connectivity index (χ0) is 16.7. The summed E-state index contributed by atoms with van der Waals surface area (Å²) in [5.74, 6) is 0.717. The minimum Gasteiger partial charge on any atom is -0.303 e. The van der Waals surface area contributed by atoms with E-state index in [9.17, 15) is 9.59 Å². The molecule has 2 aromatic heterocycles. The molecule has 1 aliphatic rings. The van der Waals surface area contributed by atoms with Gasteiger partial charge in [0.2, 0.25) is 0 Å². The molecule has 4 rings (SSSR count). The standard InChI is InChI=1S/C17H17N3O2S2/c1-11-10-24-17(22)19(11)8-9-23-16-18-14-5-3-2-4-13(14)15(21)20(16)12-6-7-12/h2-5,10,12H,6-9H2,1H3. The molecule has 5 nitrogen and oxygen atoms in total. The molecule has 0 saturated heterocycles. The molecule has 1 aromatic carbocycles. The number of aromatic nitrogens is 3. The average molecular weight is 359 g/mol. The third kappa shape index (κ3) is 2.82. The van der Waals surface area contributed by atoms with E-state index >= 15 is 0 Å². The highest BCUT2D eigenvalue weighted by Gasteiger charge is 2.28. The number of hydrogen-bond donors (Lipinski definition) is 0. The SMILES string of the molecule is Cc1csc(=O)n1CCSc1nc2ccccc2c(=O)n1C1CC1. The maximum atomic E-state index is 12.8. The fourth-order valence-corrected chi connectivity index (χ4v) is 4.54. The number of aryl methyl sites for hydroxylation is 1. The summed E-state index contributed by atoms with van der Waals surface area (Å²) >= 11 is 2.78. The van der Waals surface area contributed by atoms with Gasteiger partial charge in [-0.05, 0) is 31.9 Å². The minimum atomic E-state index is 0.0504. The molecule has 0 N–H and O–H groups in total. The number of rotatable bonds is 5. The zero-order valence-corrected chi connectivity index (χ0v) is 14.9. The molecule has 124 valence electrons. The Morgan fingerprint density at radius 1 is 1.29 bits per heavy atom. The molecule has 0 atom stereocenters. The number of thiazole rings is 1. The number of nitrogens with zero attached hydrogens (tertiary/aromatic N) is 3. The van der Waals surface area contributed by atoms with Crippen LogP contribution in [0.25, 0.3) is 10.9 Å². The van der Waals surface area contributed by atoms with Gasteiger partial charge in [-0.2, -0.15) is 0 Å². The molecular weight excluding hydrogens is 342 g/mol. The Bertz CT molecular complexity index is 1010. The van der Waals surface area contributed by atoms with E-state index in [1.165, 1.54) is 11.3 Å². The summed E-state index contributed by atoms with van der Waals surface area (Å²) in [5, 5.41) is 3.32. The van der Waals surface area contributed by atoms with Crippen molar-refractivity contribution in [3.05, 3.63) is 55.4 Å². The third-order valence-electron chi connectivity index (χ3n) is 4.21. The lowest BCUT2D eigenvalue weighted by atomic mass is 10.2. The van der Waals surface area contributed by atoms with Gasteiger partial charge in [0.15, 0.2) is 5.16 Å². The molecule has 1 aliphatic carbocycles. The van der Waals surface area contributed by atoms with Gasteiger partial charge in [0.1, 0.15) is 0 Å². The van der Waals surface area contributed by atoms with E-state index in [1.807, 2.05) is 41.1 Å². The molecule has 0 bridgehead atoms. The normalized spacial score (nSPS) is 14.4. The molecule has 0 aliphatic heterocycles. The predicted molar refractivity (Wildman–Crippen MR) is 98.3 cm³/mol. The Labute approximate surface area is 147 Å². The molecular formula is C17H17N3O2S2. The number of hydrogen-bond acceptors (Lipinski definition) is 5. The van der Waals surface area contributed by atoms with Gasteiger partial charge < -0.3 is 4.57 Å². The van der Waals surface area contributed by atoms with Crippen LogP contribution >= 0.6 is 23.1 Å². The van der Waals surface area contributed by atoms with E-state index in [-0.39, 0.29) is 16.5 Å². The van der Waals surface area contributed by atoms with Crippen LogP contribution in [0.15, 0.2) is 44.4 Å². The molecule has 1 fully saturated rings. The van der Waals surface area contributed by atoms with Crippen molar-refractivity contribution < 1.29 is 0 Å². The lowest BCUT2D eigenvalue weighted by Gasteiger charge is -2.12. The van der Waals surface area contributed by atoms with E-state index in [2.05, 4.69) is 0 Å². The van der Waals surface area contributed by atoms with Gasteiger partial charge >= 0.3 is 4.87 Å². The second-order valence-electron chi connectivity index (χ2n) is 5.96. The summed E-state index contributed by atoms with van der Waals surface area (Å²) in [6, 6.07) is 7.78. The molecule has 0 radical (unpaired) electrons. The highest BCUT2D eigenvalue weighted by atomic mass is 32.2. The topological polar surface area (TPSA) is 56.9 Å². The maximum Gasteiger partial charge on any atom is 0.307 e. The highest BCUT2D eigenvalue weighted by molar-refractivity contribution is 7.99. The van der Waals surface area contributed by atoms with Gasteiger partial charge in [-0.3, -0.25) is 14.2 Å². The van der Waals surface area contributed by atoms with Crippen LogP contribution in [-0.4, -0.2) is 19.9 Å². The maximum absolute atomic E-state index is 12.8. The second-order valence-corrected chi connectivity index (χ2v) is 7.84. The molecule has 0 unspecified atom stereocenters. The number of benzene rings is 1. The first kappa shape index (κ1) is 15.7. The van der Waals surface area contributed by atoms with Crippen molar-refractivity contribution in [2.24, 2.45) is 0 Å². The van der Waals surface area contributed by atoms with Gasteiger partial charge in [0, 0.05) is 29.4 Å². The van der Waals surface area contributed by atoms with Crippen molar-refractivity contribution in [3.63, 3.8) is 0 Å². The van der Waals surface area contributed by atoms with Gasteiger partial charge in [-0.1, -0.05) is 35.2 Å². The van der Waals surface area contributed by atoms with E-state index in [0.717, 1.165) is 35.0 Å². The third-order valence-corrected chi connectivity index (χ3v) is 6.02. The van der Waals surface area contributed by atoms with Crippen LogP contribution in [0.4, 0.5) is 0 Å². The number of para-hydroxylation sites is 1. The van der Waals surface area contributed by atoms with Crippen molar-refractivity contribution in [1.82, 2.24) is 14.1 Å². The Hall–Kier alpha value is -1.86. The zero-order valence-electron chi connectivity index (χ0n) is 13.3. The van der Waals surface area contributed by atoms with Crippen LogP contribution in [0.2, 0.25) is 0 Å². The summed E-state index contributed by atoms with van der Waals surface area (Å²) < 4.78 is 3.62. The molecule has 0 spiro atoms. The molecule has 3 aromatic rings. The molecule has 24 heavy (non-hydrogen) atoms. The largest absolute Gasteiger partial charge is 0.307 e. The monoisotopic (exact) mass is 359 g/mol. The van der Waals surface area contributed by atoms with E-state index in [0.29, 0.717) is 11.9 Å². The lowest BCUT2D eigenvalue weighted by Crippen LogP contribution is -2.23. The number of thioether (sulfide) groups is 1. The second kappa shape index (κ2) is 6.22. The average Bonchev–Trinajstić information content (AvgIpc) is 3.36. The van der Waals surface area contributed by atoms with Crippen LogP contribution in [0, 0.1) is 6.92 Å². The minimum absolute atomic E-state index is 0.0504. The van der Waals surface area contributed by atoms with Gasteiger partial charge in [0.25, 0.3) is 5.56 Å². The predicted octanol–water partition coefficient (Wildman–Crippen LogP) is 3.06. The van der Waals surface area contributed by atoms with Crippen LogP contribution in [0.1, 0.15) is 24.6 Å². The summed E-state index contributed by atoms with van der Waals surface area (Å²) in [5.41, 5.74) is 1.77. The molecule has 1 saturated carbocycles. The Morgan fingerprint density at radius 3 is 2.79 bits per heavy atom. The van der Waals surface area contributed by atoms with Gasteiger partial charge in [-0.15, -0.1) is 0 Å². The van der Waals surface area contributed by atoms with Gasteiger partial charge in [0.05, 0.1) is 10.9 Å². The Morgan fingerprint density at radius 2 is 2.08 bits per heavy atom. The number of fused-ring (bicyclic) bond motifs is 1. The highest BCUT2D eigenvalue weighted by Crippen LogP contribution is 2.36. The smallest absolute Gasteiger partial charge is 0.303 e. The summed E-state index contributed by atoms with van der Waals surface area (Å²) in [7, 11) is 0. The first-order valence-electron chi connectivity index (χ1n) is 7.94. The lowest BCUT2D eigenvalue weighted by molar-refractivity contribution is 0.616. The first-order chi connectivity index (χ1) is 11.6. The fraction of sp³-hybridized carbons (Fsp3) is 0.353. The summed E-state index contributed by atoms with van der Waals surface area (Å²) in [6.07, 6.45) is 2.08. The van der Waals surface area contributed by atoms with Crippen LogP contribution in [0.5, 0.6) is 0 Å². The molecule has 2 heterocycles. The molecule has 0 amide bonds. The Kier molecular flexibility index (Phi) is 4.05. The summed E-state index contributed by atoms with van der Waals surface area (Å²) in [6.45, 7) is 2.57. The Balaban J connectivity index is 1.65. The van der Waals surface area contributed by atoms with Gasteiger partial charge in [-0.25, -0.2) is 4.98 Å². The van der Waals surface area contributed by atoms with Crippen LogP contribution < -0.4 is 10.4 Å². The first-order valence-corrected chi connectivity index (χ1v) is 9.80. The van der Waals surface area contributed by atoms with Crippen molar-refractivity contribution >= 4 is 34.0 Å². The van der Waals surface area contributed by atoms with Crippen LogP contribution in [0.3, 0.4) is 0 Å². The van der Waals surface area contributed by atoms with E-state index in [1.54, 1.807) is 16.3 Å². The molecule has 7 heteroatoms. The van der Waals surface area contributed by atoms with E-state index in [4.69, 9.17) is 4.98 Å².